The van der Waals surface area contributed by atoms with Gasteiger partial charge in [0, 0.05) is 17.2 Å². The lowest BCUT2D eigenvalue weighted by Crippen LogP contribution is -2.48. The number of ketones is 1. The fraction of sp³-hybridized carbons (Fsp3) is 0.333. The van der Waals surface area contributed by atoms with Crippen molar-refractivity contribution in [2.24, 2.45) is 5.92 Å². The molecule has 2 aliphatic rings. The molecule has 0 spiro atoms. The largest absolute Gasteiger partial charge is 0.548 e. The van der Waals surface area contributed by atoms with E-state index in [4.69, 9.17) is 0 Å². The molecule has 3 atom stereocenters. The first-order valence-corrected chi connectivity index (χ1v) is 6.37. The highest BCUT2D eigenvalue weighted by Crippen LogP contribution is 2.44. The lowest BCUT2D eigenvalue weighted by Gasteiger charge is -2.37. The number of Topliss-reactive ketones (excluding diaryl/α,β-unsaturated/α-hetero) is 1. The molecule has 4 heteroatoms. The number of fused-ring (bicyclic) bond motifs is 3. The van der Waals surface area contributed by atoms with Crippen molar-refractivity contribution < 1.29 is 14.7 Å². The summed E-state index contributed by atoms with van der Waals surface area (Å²) in [6.07, 6.45) is 4.76. The molecule has 4 nitrogen and oxygen atoms in total. The maximum absolute atomic E-state index is 11.5. The molecule has 0 bridgehead atoms. The number of allylic oxidation sites excluding steroid dienone is 2. The first-order chi connectivity index (χ1) is 9.08. The summed E-state index contributed by atoms with van der Waals surface area (Å²) in [7, 11) is 0. The van der Waals surface area contributed by atoms with Crippen LogP contribution in [0.2, 0.25) is 0 Å². The number of carbonyl (C=O) groups is 2. The Kier molecular flexibility index (Phi) is 2.66. The van der Waals surface area contributed by atoms with Crippen LogP contribution in [0.4, 0.5) is 5.69 Å². The molecule has 0 saturated carbocycles. The van der Waals surface area contributed by atoms with E-state index in [0.717, 1.165) is 17.7 Å². The fourth-order valence-corrected chi connectivity index (χ4v) is 3.05. The highest BCUT2D eigenvalue weighted by Gasteiger charge is 2.37. The summed E-state index contributed by atoms with van der Waals surface area (Å²) in [4.78, 5) is 22.7. The van der Waals surface area contributed by atoms with E-state index in [2.05, 4.69) is 5.32 Å². The number of anilines is 1. The molecular formula is C15H14NO3-. The molecule has 0 saturated heterocycles. The molecule has 3 rings (SSSR count). The minimum atomic E-state index is -1.07. The Morgan fingerprint density at radius 1 is 1.37 bits per heavy atom. The second-order valence-corrected chi connectivity index (χ2v) is 5.15. The van der Waals surface area contributed by atoms with Crippen molar-refractivity contribution in [1.82, 2.24) is 0 Å². The van der Waals surface area contributed by atoms with Crippen LogP contribution in [0.15, 0.2) is 30.4 Å². The Bertz CT molecular complexity index is 591. The van der Waals surface area contributed by atoms with Gasteiger partial charge in [-0.2, -0.15) is 0 Å². The van der Waals surface area contributed by atoms with E-state index in [1.807, 2.05) is 18.2 Å². The van der Waals surface area contributed by atoms with Crippen molar-refractivity contribution in [2.75, 3.05) is 5.32 Å². The molecule has 1 aliphatic carbocycles. The molecule has 0 radical (unpaired) electrons. The smallest absolute Gasteiger partial charge is 0.159 e. The molecule has 19 heavy (non-hydrogen) atoms. The van der Waals surface area contributed by atoms with Crippen molar-refractivity contribution in [3.05, 3.63) is 41.5 Å². The van der Waals surface area contributed by atoms with Gasteiger partial charge in [-0.05, 0) is 43.0 Å². The third-order valence-corrected chi connectivity index (χ3v) is 4.02. The summed E-state index contributed by atoms with van der Waals surface area (Å²) in [5.41, 5.74) is 2.45. The Hall–Kier alpha value is -2.10. The maximum Gasteiger partial charge on any atom is 0.159 e. The van der Waals surface area contributed by atoms with Crippen LogP contribution in [0.5, 0.6) is 0 Å². The number of nitrogens with one attached hydrogen (secondary N) is 1. The van der Waals surface area contributed by atoms with E-state index in [9.17, 15) is 14.7 Å². The van der Waals surface area contributed by atoms with Gasteiger partial charge in [0.25, 0.3) is 0 Å². The standard InChI is InChI=1S/C15H15NO3/c1-8(17)9-5-6-13-12(7-9)10-3-2-4-11(10)14(16-13)15(18)19/h2-3,5-7,10-11,14,16H,4H2,1H3,(H,18,19)/p-1/t10-,11+,14-/m0/s1. The van der Waals surface area contributed by atoms with Crippen LogP contribution in [0.1, 0.15) is 35.2 Å². The van der Waals surface area contributed by atoms with E-state index in [1.165, 1.54) is 6.92 Å². The molecule has 1 aromatic carbocycles. The molecule has 1 N–H and O–H groups in total. The van der Waals surface area contributed by atoms with Gasteiger partial charge in [-0.3, -0.25) is 4.79 Å². The van der Waals surface area contributed by atoms with Gasteiger partial charge in [-0.25, -0.2) is 0 Å². The number of carboxylic acid groups (broad SMARTS) is 1. The van der Waals surface area contributed by atoms with E-state index in [0.29, 0.717) is 5.56 Å². The molecule has 0 aromatic heterocycles. The summed E-state index contributed by atoms with van der Waals surface area (Å²) < 4.78 is 0. The Morgan fingerprint density at radius 2 is 2.16 bits per heavy atom. The normalized spacial score (nSPS) is 27.3. The molecule has 1 heterocycles. The van der Waals surface area contributed by atoms with Crippen LogP contribution in [0.3, 0.4) is 0 Å². The Balaban J connectivity index is 2.08. The van der Waals surface area contributed by atoms with Crippen LogP contribution < -0.4 is 10.4 Å². The lowest BCUT2D eigenvalue weighted by molar-refractivity contribution is -0.308. The van der Waals surface area contributed by atoms with Gasteiger partial charge >= 0.3 is 0 Å². The first kappa shape index (κ1) is 12.0. The van der Waals surface area contributed by atoms with Crippen LogP contribution in [-0.2, 0) is 4.79 Å². The van der Waals surface area contributed by atoms with Gasteiger partial charge in [0.05, 0.1) is 12.0 Å². The van der Waals surface area contributed by atoms with E-state index in [-0.39, 0.29) is 17.6 Å². The lowest BCUT2D eigenvalue weighted by atomic mass is 9.79. The maximum atomic E-state index is 11.5. The second-order valence-electron chi connectivity index (χ2n) is 5.15. The highest BCUT2D eigenvalue weighted by atomic mass is 16.4. The van der Waals surface area contributed by atoms with Crippen molar-refractivity contribution in [3.8, 4) is 0 Å². The number of hydrogen-bond acceptors (Lipinski definition) is 4. The zero-order chi connectivity index (χ0) is 13.6. The minimum absolute atomic E-state index is 0.0170. The zero-order valence-corrected chi connectivity index (χ0v) is 10.6. The van der Waals surface area contributed by atoms with Crippen LogP contribution in [0, 0.1) is 5.92 Å². The molecule has 1 aromatic rings. The first-order valence-electron chi connectivity index (χ1n) is 6.37. The number of benzene rings is 1. The van der Waals surface area contributed by atoms with Gasteiger partial charge in [0.15, 0.2) is 5.78 Å². The number of rotatable bonds is 2. The average Bonchev–Trinajstić information content (AvgIpc) is 2.86. The Labute approximate surface area is 111 Å². The Morgan fingerprint density at radius 3 is 2.84 bits per heavy atom. The average molecular weight is 256 g/mol. The van der Waals surface area contributed by atoms with Crippen molar-refractivity contribution in [1.29, 1.82) is 0 Å². The van der Waals surface area contributed by atoms with Crippen LogP contribution >= 0.6 is 0 Å². The summed E-state index contributed by atoms with van der Waals surface area (Å²) in [6, 6.07) is 4.70. The van der Waals surface area contributed by atoms with Crippen molar-refractivity contribution in [3.63, 3.8) is 0 Å². The second kappa shape index (κ2) is 4.23. The van der Waals surface area contributed by atoms with Crippen LogP contribution in [-0.4, -0.2) is 17.8 Å². The SMILES string of the molecule is CC(=O)c1ccc2c(c1)[C@H]1C=CC[C@H]1[C@@H](C(=O)[O-])N2. The fourth-order valence-electron chi connectivity index (χ4n) is 3.05. The number of carboxylic acids is 1. The van der Waals surface area contributed by atoms with E-state index >= 15 is 0 Å². The summed E-state index contributed by atoms with van der Waals surface area (Å²) in [5, 5.41) is 14.2. The molecule has 0 unspecified atom stereocenters. The molecule has 1 aliphatic heterocycles. The topological polar surface area (TPSA) is 69.2 Å². The van der Waals surface area contributed by atoms with Crippen molar-refractivity contribution >= 4 is 17.4 Å². The third kappa shape index (κ3) is 1.84. The monoisotopic (exact) mass is 256 g/mol. The van der Waals surface area contributed by atoms with Crippen LogP contribution in [0.25, 0.3) is 0 Å². The van der Waals surface area contributed by atoms with E-state index in [1.54, 1.807) is 12.1 Å². The molecular weight excluding hydrogens is 242 g/mol. The molecule has 98 valence electrons. The summed E-state index contributed by atoms with van der Waals surface area (Å²) >= 11 is 0. The molecule has 0 fully saturated rings. The van der Waals surface area contributed by atoms with Gasteiger partial charge in [0.2, 0.25) is 0 Å². The molecule has 0 amide bonds. The van der Waals surface area contributed by atoms with Crippen molar-refractivity contribution in [2.45, 2.75) is 25.3 Å². The predicted octanol–water partition coefficient (Wildman–Crippen LogP) is 1.09. The summed E-state index contributed by atoms with van der Waals surface area (Å²) in [6.45, 7) is 1.53. The van der Waals surface area contributed by atoms with Gasteiger partial charge in [0.1, 0.15) is 0 Å². The minimum Gasteiger partial charge on any atom is -0.548 e. The highest BCUT2D eigenvalue weighted by molar-refractivity contribution is 5.95. The van der Waals surface area contributed by atoms with Gasteiger partial charge < -0.3 is 15.2 Å². The number of aliphatic carboxylic acids is 1. The predicted molar refractivity (Wildman–Crippen MR) is 68.9 cm³/mol. The zero-order valence-electron chi connectivity index (χ0n) is 10.6. The summed E-state index contributed by atoms with van der Waals surface area (Å²) in [5.74, 6) is -1.03. The van der Waals surface area contributed by atoms with Gasteiger partial charge in [-0.15, -0.1) is 0 Å². The quantitative estimate of drug-likeness (QED) is 0.635. The number of hydrogen-bond donors (Lipinski definition) is 1. The number of carbonyl (C=O) groups excluding carboxylic acids is 2. The van der Waals surface area contributed by atoms with Gasteiger partial charge in [-0.1, -0.05) is 12.2 Å². The third-order valence-electron chi connectivity index (χ3n) is 4.02. The van der Waals surface area contributed by atoms with E-state index < -0.39 is 12.0 Å².